The molecule has 0 spiro atoms. The first kappa shape index (κ1) is 12.6. The number of hydrogen-bond acceptors (Lipinski definition) is 5. The molecule has 0 radical (unpaired) electrons. The Morgan fingerprint density at radius 1 is 1.39 bits per heavy atom. The molecule has 0 bridgehead atoms. The summed E-state index contributed by atoms with van der Waals surface area (Å²) in [5.74, 6) is 1.03. The van der Waals surface area contributed by atoms with Crippen LogP contribution in [0.25, 0.3) is 0 Å². The van der Waals surface area contributed by atoms with E-state index in [1.807, 2.05) is 24.3 Å². The second-order valence-corrected chi connectivity index (χ2v) is 4.78. The van der Waals surface area contributed by atoms with E-state index < -0.39 is 5.97 Å². The second kappa shape index (κ2) is 5.68. The summed E-state index contributed by atoms with van der Waals surface area (Å²) in [7, 11) is 0. The van der Waals surface area contributed by atoms with Crippen molar-refractivity contribution in [2.45, 2.75) is 24.0 Å². The van der Waals surface area contributed by atoms with Gasteiger partial charge in [-0.25, -0.2) is 0 Å². The smallest absolute Gasteiger partial charge is 0.307 e. The van der Waals surface area contributed by atoms with Crippen LogP contribution in [0, 0.1) is 6.92 Å². The minimum Gasteiger partial charge on any atom is -0.481 e. The zero-order valence-electron chi connectivity index (χ0n) is 9.79. The Hall–Kier alpha value is -1.82. The van der Waals surface area contributed by atoms with Gasteiger partial charge in [0, 0.05) is 11.8 Å². The zero-order chi connectivity index (χ0) is 13.0. The Bertz CT molecular complexity index is 537. The van der Waals surface area contributed by atoms with Crippen molar-refractivity contribution in [3.8, 4) is 0 Å². The van der Waals surface area contributed by atoms with Crippen molar-refractivity contribution in [2.24, 2.45) is 0 Å². The highest BCUT2D eigenvalue weighted by atomic mass is 32.2. The van der Waals surface area contributed by atoms with Crippen LogP contribution in [-0.2, 0) is 17.0 Å². The van der Waals surface area contributed by atoms with Crippen molar-refractivity contribution >= 4 is 17.7 Å². The van der Waals surface area contributed by atoms with Crippen LogP contribution in [-0.4, -0.2) is 21.2 Å². The van der Waals surface area contributed by atoms with Crippen LogP contribution >= 0.6 is 11.8 Å². The number of hydrogen-bond donors (Lipinski definition) is 1. The van der Waals surface area contributed by atoms with E-state index in [4.69, 9.17) is 9.63 Å². The summed E-state index contributed by atoms with van der Waals surface area (Å²) < 4.78 is 4.88. The lowest BCUT2D eigenvalue weighted by Crippen LogP contribution is -1.99. The van der Waals surface area contributed by atoms with E-state index in [1.54, 1.807) is 18.7 Å². The molecule has 18 heavy (non-hydrogen) atoms. The van der Waals surface area contributed by atoms with Crippen molar-refractivity contribution in [3.05, 3.63) is 41.5 Å². The molecule has 0 amide bonds. The number of thioether (sulfide) groups is 1. The number of aliphatic carboxylic acids is 1. The van der Waals surface area contributed by atoms with Crippen molar-refractivity contribution in [2.75, 3.05) is 0 Å². The summed E-state index contributed by atoms with van der Waals surface area (Å²) in [6.45, 7) is 1.75. The molecule has 0 fully saturated rings. The first-order valence-corrected chi connectivity index (χ1v) is 6.35. The van der Waals surface area contributed by atoms with Gasteiger partial charge in [0.2, 0.25) is 5.89 Å². The third kappa shape index (κ3) is 3.59. The lowest BCUT2D eigenvalue weighted by Gasteiger charge is -2.00. The third-order valence-corrected chi connectivity index (χ3v) is 3.22. The van der Waals surface area contributed by atoms with Gasteiger partial charge in [-0.1, -0.05) is 17.3 Å². The van der Waals surface area contributed by atoms with Crippen LogP contribution in [0.15, 0.2) is 33.7 Å². The summed E-state index contributed by atoms with van der Waals surface area (Å²) in [4.78, 5) is 15.7. The molecule has 0 aliphatic rings. The molecule has 5 nitrogen and oxygen atoms in total. The van der Waals surface area contributed by atoms with Gasteiger partial charge < -0.3 is 9.63 Å². The molecule has 0 saturated carbocycles. The van der Waals surface area contributed by atoms with E-state index in [0.717, 1.165) is 10.5 Å². The fourth-order valence-electron chi connectivity index (χ4n) is 1.43. The molecule has 0 unspecified atom stereocenters. The average Bonchev–Trinajstić information content (AvgIpc) is 2.74. The van der Waals surface area contributed by atoms with Crippen LogP contribution in [0.3, 0.4) is 0 Å². The van der Waals surface area contributed by atoms with Gasteiger partial charge in [-0.15, -0.1) is 11.8 Å². The number of benzene rings is 1. The molecule has 1 aromatic heterocycles. The van der Waals surface area contributed by atoms with E-state index >= 15 is 0 Å². The lowest BCUT2D eigenvalue weighted by molar-refractivity contribution is -0.136. The SMILES string of the molecule is Cc1nc(CSc2ccc(CC(=O)O)cc2)no1. The number of aryl methyl sites for hydroxylation is 1. The predicted octanol–water partition coefficient (Wildman–Crippen LogP) is 2.30. The number of nitrogens with zero attached hydrogens (tertiary/aromatic N) is 2. The van der Waals surface area contributed by atoms with E-state index in [1.165, 1.54) is 0 Å². The number of rotatable bonds is 5. The maximum Gasteiger partial charge on any atom is 0.307 e. The van der Waals surface area contributed by atoms with Crippen LogP contribution in [0.5, 0.6) is 0 Å². The Kier molecular flexibility index (Phi) is 3.99. The summed E-state index contributed by atoms with van der Waals surface area (Å²) in [6.07, 6.45) is 0.0506. The quantitative estimate of drug-likeness (QED) is 0.835. The molecule has 2 rings (SSSR count). The third-order valence-electron chi connectivity index (χ3n) is 2.22. The van der Waals surface area contributed by atoms with E-state index in [-0.39, 0.29) is 6.42 Å². The Morgan fingerprint density at radius 3 is 2.67 bits per heavy atom. The number of carbonyl (C=O) groups is 1. The topological polar surface area (TPSA) is 76.2 Å². The Morgan fingerprint density at radius 2 is 2.11 bits per heavy atom. The van der Waals surface area contributed by atoms with E-state index in [9.17, 15) is 4.79 Å². The lowest BCUT2D eigenvalue weighted by atomic mass is 10.2. The van der Waals surface area contributed by atoms with Gasteiger partial charge in [0.25, 0.3) is 0 Å². The minimum absolute atomic E-state index is 0.0506. The van der Waals surface area contributed by atoms with Crippen molar-refractivity contribution in [1.29, 1.82) is 0 Å². The molecule has 94 valence electrons. The van der Waals surface area contributed by atoms with Crippen molar-refractivity contribution in [3.63, 3.8) is 0 Å². The van der Waals surface area contributed by atoms with Gasteiger partial charge >= 0.3 is 5.97 Å². The van der Waals surface area contributed by atoms with E-state index in [0.29, 0.717) is 17.5 Å². The largest absolute Gasteiger partial charge is 0.481 e. The average molecular weight is 264 g/mol. The van der Waals surface area contributed by atoms with Gasteiger partial charge in [0.15, 0.2) is 5.82 Å². The summed E-state index contributed by atoms with van der Waals surface area (Å²) in [5, 5.41) is 12.5. The highest BCUT2D eigenvalue weighted by molar-refractivity contribution is 7.98. The number of carboxylic acids is 1. The van der Waals surface area contributed by atoms with Crippen LogP contribution in [0.1, 0.15) is 17.3 Å². The molecule has 0 atom stereocenters. The van der Waals surface area contributed by atoms with Crippen LogP contribution in [0.4, 0.5) is 0 Å². The predicted molar refractivity (Wildman–Crippen MR) is 66.4 cm³/mol. The highest BCUT2D eigenvalue weighted by Crippen LogP contribution is 2.22. The van der Waals surface area contributed by atoms with Crippen molar-refractivity contribution in [1.82, 2.24) is 10.1 Å². The second-order valence-electron chi connectivity index (χ2n) is 3.73. The van der Waals surface area contributed by atoms with Gasteiger partial charge in [0.05, 0.1) is 12.2 Å². The molecule has 6 heteroatoms. The Balaban J connectivity index is 1.92. The normalized spacial score (nSPS) is 10.5. The minimum atomic E-state index is -0.822. The molecule has 0 aliphatic heterocycles. The number of aromatic nitrogens is 2. The van der Waals surface area contributed by atoms with E-state index in [2.05, 4.69) is 10.1 Å². The van der Waals surface area contributed by atoms with Crippen LogP contribution < -0.4 is 0 Å². The molecular formula is C12H12N2O3S. The molecule has 0 aliphatic carbocycles. The van der Waals surface area contributed by atoms with Gasteiger partial charge in [-0.2, -0.15) is 4.98 Å². The van der Waals surface area contributed by atoms with Gasteiger partial charge in [-0.3, -0.25) is 4.79 Å². The fraction of sp³-hybridized carbons (Fsp3) is 0.250. The van der Waals surface area contributed by atoms with Gasteiger partial charge in [0.1, 0.15) is 0 Å². The van der Waals surface area contributed by atoms with Gasteiger partial charge in [-0.05, 0) is 17.7 Å². The standard InChI is InChI=1S/C12H12N2O3S/c1-8-13-11(14-17-8)7-18-10-4-2-9(3-5-10)6-12(15)16/h2-5H,6-7H2,1H3,(H,15,16). The Labute approximate surface area is 108 Å². The summed E-state index contributed by atoms with van der Waals surface area (Å²) in [5.41, 5.74) is 0.794. The molecule has 1 aromatic carbocycles. The maximum absolute atomic E-state index is 10.5. The molecule has 0 saturated heterocycles. The van der Waals surface area contributed by atoms with Crippen molar-refractivity contribution < 1.29 is 14.4 Å². The van der Waals surface area contributed by atoms with Crippen LogP contribution in [0.2, 0.25) is 0 Å². The first-order chi connectivity index (χ1) is 8.63. The first-order valence-electron chi connectivity index (χ1n) is 5.36. The monoisotopic (exact) mass is 264 g/mol. The molecular weight excluding hydrogens is 252 g/mol. The summed E-state index contributed by atoms with van der Waals surface area (Å²) >= 11 is 1.58. The highest BCUT2D eigenvalue weighted by Gasteiger charge is 2.04. The maximum atomic E-state index is 10.5. The fourth-order valence-corrected chi connectivity index (χ4v) is 2.17. The molecule has 1 heterocycles. The summed E-state index contributed by atoms with van der Waals surface area (Å²) in [6, 6.07) is 7.43. The molecule has 2 aromatic rings. The zero-order valence-corrected chi connectivity index (χ0v) is 10.6. The number of carboxylic acid groups (broad SMARTS) is 1. The molecule has 1 N–H and O–H groups in total.